The van der Waals surface area contributed by atoms with E-state index in [1.807, 2.05) is 27.7 Å². The number of ketones is 1. The Kier molecular flexibility index (Phi) is 4.21. The van der Waals surface area contributed by atoms with Crippen LogP contribution in [-0.2, 0) is 9.59 Å². The van der Waals surface area contributed by atoms with Crippen molar-refractivity contribution in [1.29, 1.82) is 0 Å². The molecule has 0 unspecified atom stereocenters. The zero-order valence-corrected chi connectivity index (χ0v) is 12.1. The van der Waals surface area contributed by atoms with E-state index in [-0.39, 0.29) is 11.7 Å². The maximum atomic E-state index is 12.4. The largest absolute Gasteiger partial charge is 0.391 e. The number of Topliss-reactive ketones (excluding diaryl/α,β-unsaturated/α-hetero) is 1. The highest BCUT2D eigenvalue weighted by Crippen LogP contribution is 2.36. The predicted octanol–water partition coefficient (Wildman–Crippen LogP) is 1.61. The summed E-state index contributed by atoms with van der Waals surface area (Å²) in [6, 6.07) is 0. The number of carbonyl (C=O) groups excluding carboxylic acids is 2. The second-order valence-electron chi connectivity index (χ2n) is 6.69. The average molecular weight is 255 g/mol. The molecule has 0 aromatic carbocycles. The summed E-state index contributed by atoms with van der Waals surface area (Å²) >= 11 is 0. The molecule has 0 bridgehead atoms. The van der Waals surface area contributed by atoms with Gasteiger partial charge in [0.2, 0.25) is 5.91 Å². The number of aliphatic hydroxyl groups is 1. The summed E-state index contributed by atoms with van der Waals surface area (Å²) in [6.07, 6.45) is 0.782. The Morgan fingerprint density at radius 3 is 2.17 bits per heavy atom. The summed E-state index contributed by atoms with van der Waals surface area (Å²) in [5.41, 5.74) is -1.06. The lowest BCUT2D eigenvalue weighted by molar-refractivity contribution is -0.142. The number of likely N-dealkylation sites (tertiary alicyclic amines) is 1. The average Bonchev–Trinajstić information content (AvgIpc) is 2.61. The van der Waals surface area contributed by atoms with Gasteiger partial charge in [-0.15, -0.1) is 0 Å². The minimum atomic E-state index is -0.570. The summed E-state index contributed by atoms with van der Waals surface area (Å²) in [6.45, 7) is 10.1. The third-order valence-electron chi connectivity index (χ3n) is 3.87. The van der Waals surface area contributed by atoms with Gasteiger partial charge in [-0.3, -0.25) is 9.59 Å². The molecule has 1 fully saturated rings. The number of aliphatic hydroxyl groups excluding tert-OH is 1. The molecule has 4 heteroatoms. The molecule has 0 spiro atoms. The molecule has 1 amide bonds. The number of hydrogen-bond acceptors (Lipinski definition) is 3. The minimum Gasteiger partial charge on any atom is -0.391 e. The van der Waals surface area contributed by atoms with Gasteiger partial charge in [0, 0.05) is 23.9 Å². The first-order valence-electron chi connectivity index (χ1n) is 6.55. The van der Waals surface area contributed by atoms with Crippen LogP contribution in [0.3, 0.4) is 0 Å². The van der Waals surface area contributed by atoms with Crippen LogP contribution in [0.25, 0.3) is 0 Å². The fourth-order valence-corrected chi connectivity index (χ4v) is 2.66. The van der Waals surface area contributed by atoms with E-state index < -0.39 is 16.9 Å². The van der Waals surface area contributed by atoms with Crippen LogP contribution in [0.2, 0.25) is 0 Å². The zero-order valence-electron chi connectivity index (χ0n) is 12.1. The van der Waals surface area contributed by atoms with Crippen LogP contribution < -0.4 is 0 Å². The van der Waals surface area contributed by atoms with E-state index in [2.05, 4.69) is 0 Å². The monoisotopic (exact) mass is 255 g/mol. The van der Waals surface area contributed by atoms with Gasteiger partial charge >= 0.3 is 0 Å². The smallest absolute Gasteiger partial charge is 0.228 e. The van der Waals surface area contributed by atoms with E-state index in [1.54, 1.807) is 11.8 Å². The molecule has 1 heterocycles. The summed E-state index contributed by atoms with van der Waals surface area (Å²) in [5.74, 6) is 0.137. The fourth-order valence-electron chi connectivity index (χ4n) is 2.66. The molecule has 1 aliphatic rings. The van der Waals surface area contributed by atoms with Crippen LogP contribution in [0, 0.1) is 10.8 Å². The molecular weight excluding hydrogens is 230 g/mol. The molecular formula is C14H25NO3. The molecule has 1 N–H and O–H groups in total. The molecule has 0 saturated carbocycles. The number of β-amino-alcohol motifs (C(OH)–C–C–N with tert-alkyl or cyclic N) is 1. The van der Waals surface area contributed by atoms with Gasteiger partial charge in [0.25, 0.3) is 0 Å². The molecule has 1 atom stereocenters. The first-order valence-corrected chi connectivity index (χ1v) is 6.55. The van der Waals surface area contributed by atoms with Crippen molar-refractivity contribution in [2.75, 3.05) is 13.1 Å². The lowest BCUT2D eigenvalue weighted by atomic mass is 9.72. The van der Waals surface area contributed by atoms with Crippen molar-refractivity contribution in [2.45, 2.75) is 53.6 Å². The van der Waals surface area contributed by atoms with E-state index >= 15 is 0 Å². The van der Waals surface area contributed by atoms with Crippen molar-refractivity contribution in [3.05, 3.63) is 0 Å². The van der Waals surface area contributed by atoms with E-state index in [1.165, 1.54) is 0 Å². The Morgan fingerprint density at radius 2 is 1.78 bits per heavy atom. The molecule has 0 radical (unpaired) electrons. The minimum absolute atomic E-state index is 0.0355. The lowest BCUT2D eigenvalue weighted by Crippen LogP contribution is -2.43. The van der Waals surface area contributed by atoms with E-state index in [9.17, 15) is 14.7 Å². The summed E-state index contributed by atoms with van der Waals surface area (Å²) in [7, 11) is 0. The van der Waals surface area contributed by atoms with Gasteiger partial charge in [0.1, 0.15) is 5.78 Å². The van der Waals surface area contributed by atoms with Crippen molar-refractivity contribution in [1.82, 2.24) is 4.90 Å². The Morgan fingerprint density at radius 1 is 1.22 bits per heavy atom. The summed E-state index contributed by atoms with van der Waals surface area (Å²) in [5, 5.41) is 9.49. The van der Waals surface area contributed by atoms with Crippen molar-refractivity contribution in [2.24, 2.45) is 10.8 Å². The van der Waals surface area contributed by atoms with Crippen molar-refractivity contribution < 1.29 is 14.7 Å². The Hall–Kier alpha value is -0.900. The molecule has 0 aliphatic carbocycles. The highest BCUT2D eigenvalue weighted by Gasteiger charge is 2.40. The quantitative estimate of drug-likeness (QED) is 0.830. The number of nitrogens with zero attached hydrogens (tertiary/aromatic N) is 1. The summed E-state index contributed by atoms with van der Waals surface area (Å²) < 4.78 is 0. The van der Waals surface area contributed by atoms with Gasteiger partial charge in [0.05, 0.1) is 6.10 Å². The van der Waals surface area contributed by atoms with Gasteiger partial charge < -0.3 is 10.0 Å². The maximum Gasteiger partial charge on any atom is 0.228 e. The first kappa shape index (κ1) is 15.2. The van der Waals surface area contributed by atoms with Crippen molar-refractivity contribution in [3.63, 3.8) is 0 Å². The standard InChI is InChI=1S/C14H25NO3/c1-10(16)13(2,3)9-14(4,5)12(18)15-7-6-11(17)8-15/h11,17H,6-9H2,1-5H3/t11-/m1/s1. The van der Waals surface area contributed by atoms with Gasteiger partial charge in [-0.05, 0) is 19.8 Å². The fraction of sp³-hybridized carbons (Fsp3) is 0.857. The Labute approximate surface area is 109 Å². The number of rotatable bonds is 4. The second kappa shape index (κ2) is 5.00. The zero-order chi connectivity index (χ0) is 14.1. The highest BCUT2D eigenvalue weighted by atomic mass is 16.3. The van der Waals surface area contributed by atoms with Crippen LogP contribution in [0.5, 0.6) is 0 Å². The highest BCUT2D eigenvalue weighted by molar-refractivity contribution is 5.85. The number of amides is 1. The van der Waals surface area contributed by atoms with Crippen molar-refractivity contribution >= 4 is 11.7 Å². The second-order valence-corrected chi connectivity index (χ2v) is 6.69. The third kappa shape index (κ3) is 3.31. The molecule has 104 valence electrons. The number of carbonyl (C=O) groups is 2. The third-order valence-corrected chi connectivity index (χ3v) is 3.87. The van der Waals surface area contributed by atoms with Crippen LogP contribution in [0.4, 0.5) is 0 Å². The number of hydrogen-bond donors (Lipinski definition) is 1. The van der Waals surface area contributed by atoms with Crippen LogP contribution in [-0.4, -0.2) is 40.9 Å². The maximum absolute atomic E-state index is 12.4. The SMILES string of the molecule is CC(=O)C(C)(C)CC(C)(C)C(=O)N1CC[C@@H](O)C1. The van der Waals surface area contributed by atoms with E-state index in [0.717, 1.165) is 0 Å². The molecule has 1 rings (SSSR count). The summed E-state index contributed by atoms with van der Waals surface area (Å²) in [4.78, 5) is 25.7. The molecule has 0 aromatic heterocycles. The van der Waals surface area contributed by atoms with Gasteiger partial charge in [-0.1, -0.05) is 27.7 Å². The van der Waals surface area contributed by atoms with Gasteiger partial charge in [-0.2, -0.15) is 0 Å². The Bertz CT molecular complexity index is 347. The molecule has 1 aliphatic heterocycles. The van der Waals surface area contributed by atoms with Crippen molar-refractivity contribution in [3.8, 4) is 0 Å². The molecule has 18 heavy (non-hydrogen) atoms. The van der Waals surface area contributed by atoms with E-state index in [0.29, 0.717) is 25.9 Å². The van der Waals surface area contributed by atoms with Gasteiger partial charge in [0.15, 0.2) is 0 Å². The first-order chi connectivity index (χ1) is 8.06. The van der Waals surface area contributed by atoms with Gasteiger partial charge in [-0.25, -0.2) is 0 Å². The molecule has 0 aromatic rings. The molecule has 1 saturated heterocycles. The predicted molar refractivity (Wildman–Crippen MR) is 70.1 cm³/mol. The topological polar surface area (TPSA) is 57.6 Å². The van der Waals surface area contributed by atoms with Crippen LogP contribution >= 0.6 is 0 Å². The van der Waals surface area contributed by atoms with Crippen LogP contribution in [0.1, 0.15) is 47.5 Å². The van der Waals surface area contributed by atoms with E-state index in [4.69, 9.17) is 0 Å². The Balaban J connectivity index is 2.74. The van der Waals surface area contributed by atoms with Crippen LogP contribution in [0.15, 0.2) is 0 Å². The lowest BCUT2D eigenvalue weighted by Gasteiger charge is -2.35. The normalized spacial score (nSPS) is 21.2. The molecule has 4 nitrogen and oxygen atoms in total.